The van der Waals surface area contributed by atoms with Gasteiger partial charge >= 0.3 is 0 Å². The number of ether oxygens (including phenoxy) is 1. The number of rotatable bonds is 6. The van der Waals surface area contributed by atoms with Crippen molar-refractivity contribution in [1.29, 1.82) is 0 Å². The average molecular weight is 394 g/mol. The van der Waals surface area contributed by atoms with Gasteiger partial charge in [-0.05, 0) is 42.7 Å². The van der Waals surface area contributed by atoms with Crippen LogP contribution in [0.2, 0.25) is 0 Å². The van der Waals surface area contributed by atoms with Gasteiger partial charge in [0, 0.05) is 25.7 Å². The number of nitrogens with one attached hydrogen (secondary N) is 1. The summed E-state index contributed by atoms with van der Waals surface area (Å²) in [4.78, 5) is 22.9. The lowest BCUT2D eigenvalue weighted by Crippen LogP contribution is -2.45. The van der Waals surface area contributed by atoms with E-state index < -0.39 is 0 Å². The zero-order valence-corrected chi connectivity index (χ0v) is 16.1. The highest BCUT2D eigenvalue weighted by Crippen LogP contribution is 2.20. The largest absolute Gasteiger partial charge is 0.467 e. The zero-order chi connectivity index (χ0) is 20.1. The highest BCUT2D eigenvalue weighted by atomic mass is 19.1. The molecule has 0 saturated carbocycles. The Morgan fingerprint density at radius 3 is 2.79 bits per heavy atom. The number of hydrogen-bond donors (Lipinski definition) is 1. The number of fused-ring (bicyclic) bond motifs is 1. The van der Waals surface area contributed by atoms with E-state index in [0.717, 1.165) is 48.9 Å². The molecule has 1 aliphatic heterocycles. The van der Waals surface area contributed by atoms with E-state index >= 15 is 0 Å². The Morgan fingerprint density at radius 2 is 1.97 bits per heavy atom. The second kappa shape index (κ2) is 8.96. The number of nitrogens with zero attached hydrogens (tertiary/aromatic N) is 3. The summed E-state index contributed by atoms with van der Waals surface area (Å²) in [6.07, 6.45) is 3.15. The van der Waals surface area contributed by atoms with E-state index in [1.54, 1.807) is 12.1 Å². The third-order valence-electron chi connectivity index (χ3n) is 5.09. The molecule has 0 unspecified atom stereocenters. The molecule has 2 heterocycles. The van der Waals surface area contributed by atoms with Crippen molar-refractivity contribution in [3.05, 3.63) is 66.2 Å². The van der Waals surface area contributed by atoms with Crippen LogP contribution in [-0.2, 0) is 11.3 Å². The van der Waals surface area contributed by atoms with E-state index in [1.165, 1.54) is 12.4 Å². The highest BCUT2D eigenvalue weighted by molar-refractivity contribution is 5.84. The summed E-state index contributed by atoms with van der Waals surface area (Å²) in [7, 11) is 0. The van der Waals surface area contributed by atoms with E-state index in [2.05, 4.69) is 20.2 Å². The quantitative estimate of drug-likeness (QED) is 0.696. The van der Waals surface area contributed by atoms with Gasteiger partial charge in [0.15, 0.2) is 6.61 Å². The third kappa shape index (κ3) is 5.06. The van der Waals surface area contributed by atoms with Crippen LogP contribution in [0.15, 0.2) is 54.9 Å². The first-order valence-electron chi connectivity index (χ1n) is 9.76. The molecule has 6 nitrogen and oxygen atoms in total. The Labute approximate surface area is 168 Å². The number of piperidine rings is 1. The SMILES string of the molecule is O=C(COc1ncnc2ccccc12)NC1CCN(Cc2cccc(F)c2)CC1. The number of para-hydroxylation sites is 1. The maximum atomic E-state index is 13.3. The normalized spacial score (nSPS) is 15.3. The lowest BCUT2D eigenvalue weighted by atomic mass is 10.0. The van der Waals surface area contributed by atoms with Gasteiger partial charge in [0.25, 0.3) is 5.91 Å². The predicted octanol–water partition coefficient (Wildman–Crippen LogP) is 2.93. The summed E-state index contributed by atoms with van der Waals surface area (Å²) in [5.74, 6) is 0.0491. The molecule has 0 aliphatic carbocycles. The number of halogens is 1. The van der Waals surface area contributed by atoms with Crippen molar-refractivity contribution >= 4 is 16.8 Å². The van der Waals surface area contributed by atoms with Crippen LogP contribution in [0.5, 0.6) is 5.88 Å². The second-order valence-electron chi connectivity index (χ2n) is 7.23. The Hall–Kier alpha value is -3.06. The highest BCUT2D eigenvalue weighted by Gasteiger charge is 2.21. The summed E-state index contributed by atoms with van der Waals surface area (Å²) in [6.45, 7) is 2.37. The summed E-state index contributed by atoms with van der Waals surface area (Å²) < 4.78 is 18.9. The fourth-order valence-corrected chi connectivity index (χ4v) is 3.63. The molecule has 0 bridgehead atoms. The van der Waals surface area contributed by atoms with Crippen LogP contribution in [-0.4, -0.2) is 46.5 Å². The lowest BCUT2D eigenvalue weighted by molar-refractivity contribution is -0.124. The Bertz CT molecular complexity index is 984. The molecule has 2 aromatic carbocycles. The minimum atomic E-state index is -0.207. The van der Waals surface area contributed by atoms with Crippen LogP contribution in [0.25, 0.3) is 10.9 Å². The van der Waals surface area contributed by atoms with Gasteiger partial charge in [-0.2, -0.15) is 0 Å². The minimum absolute atomic E-state index is 0.0789. The molecule has 4 rings (SSSR count). The molecule has 1 saturated heterocycles. The van der Waals surface area contributed by atoms with E-state index in [4.69, 9.17) is 4.74 Å². The molecule has 1 N–H and O–H groups in total. The van der Waals surface area contributed by atoms with Crippen LogP contribution in [0.4, 0.5) is 4.39 Å². The molecular formula is C22H23FN4O2. The van der Waals surface area contributed by atoms with Crippen molar-refractivity contribution in [2.24, 2.45) is 0 Å². The first-order chi connectivity index (χ1) is 14.2. The van der Waals surface area contributed by atoms with E-state index in [9.17, 15) is 9.18 Å². The molecule has 0 spiro atoms. The van der Waals surface area contributed by atoms with Crippen molar-refractivity contribution < 1.29 is 13.9 Å². The third-order valence-corrected chi connectivity index (χ3v) is 5.09. The summed E-state index contributed by atoms with van der Waals surface area (Å²) >= 11 is 0. The van der Waals surface area contributed by atoms with Gasteiger partial charge in [0.05, 0.1) is 10.9 Å². The molecule has 7 heteroatoms. The molecule has 3 aromatic rings. The maximum Gasteiger partial charge on any atom is 0.258 e. The molecular weight excluding hydrogens is 371 g/mol. The first kappa shape index (κ1) is 19.3. The number of benzene rings is 2. The number of amides is 1. The Balaban J connectivity index is 1.23. The summed E-state index contributed by atoms with van der Waals surface area (Å²) in [5.41, 5.74) is 1.75. The molecule has 150 valence electrons. The van der Waals surface area contributed by atoms with Crippen molar-refractivity contribution in [3.8, 4) is 5.88 Å². The molecule has 29 heavy (non-hydrogen) atoms. The number of carbonyl (C=O) groups is 1. The van der Waals surface area contributed by atoms with Crippen LogP contribution in [0, 0.1) is 5.82 Å². The Kier molecular flexibility index (Phi) is 5.95. The fraction of sp³-hybridized carbons (Fsp3) is 0.318. The number of carbonyl (C=O) groups excluding carboxylic acids is 1. The van der Waals surface area contributed by atoms with Crippen molar-refractivity contribution in [2.45, 2.75) is 25.4 Å². The topological polar surface area (TPSA) is 67.3 Å². The van der Waals surface area contributed by atoms with Crippen LogP contribution in [0.3, 0.4) is 0 Å². The smallest absolute Gasteiger partial charge is 0.258 e. The van der Waals surface area contributed by atoms with E-state index in [1.807, 2.05) is 30.3 Å². The van der Waals surface area contributed by atoms with E-state index in [0.29, 0.717) is 5.88 Å². The minimum Gasteiger partial charge on any atom is -0.467 e. The summed E-state index contributed by atoms with van der Waals surface area (Å²) in [5, 5.41) is 3.82. The number of likely N-dealkylation sites (tertiary alicyclic amines) is 1. The standard InChI is InChI=1S/C22H23FN4O2/c23-17-5-3-4-16(12-17)13-27-10-8-18(9-11-27)26-21(28)14-29-22-19-6-1-2-7-20(19)24-15-25-22/h1-7,12,15,18H,8-11,13-14H2,(H,26,28). The van der Waals surface area contributed by atoms with Crippen molar-refractivity contribution in [3.63, 3.8) is 0 Å². The van der Waals surface area contributed by atoms with Crippen molar-refractivity contribution in [1.82, 2.24) is 20.2 Å². The first-order valence-corrected chi connectivity index (χ1v) is 9.76. The monoisotopic (exact) mass is 394 g/mol. The second-order valence-corrected chi connectivity index (χ2v) is 7.23. The number of hydrogen-bond acceptors (Lipinski definition) is 5. The van der Waals surface area contributed by atoms with E-state index in [-0.39, 0.29) is 24.4 Å². The molecule has 1 aromatic heterocycles. The molecule has 0 atom stereocenters. The Morgan fingerprint density at radius 1 is 1.14 bits per heavy atom. The molecule has 0 radical (unpaired) electrons. The van der Waals surface area contributed by atoms with Gasteiger partial charge in [0.2, 0.25) is 5.88 Å². The maximum absolute atomic E-state index is 13.3. The van der Waals surface area contributed by atoms with Gasteiger partial charge < -0.3 is 10.1 Å². The summed E-state index contributed by atoms with van der Waals surface area (Å²) in [6, 6.07) is 14.3. The van der Waals surface area contributed by atoms with Crippen LogP contribution < -0.4 is 10.1 Å². The fourth-order valence-electron chi connectivity index (χ4n) is 3.63. The zero-order valence-electron chi connectivity index (χ0n) is 16.1. The van der Waals surface area contributed by atoms with Crippen LogP contribution >= 0.6 is 0 Å². The van der Waals surface area contributed by atoms with Crippen molar-refractivity contribution in [2.75, 3.05) is 19.7 Å². The molecule has 1 amide bonds. The molecule has 1 aliphatic rings. The average Bonchev–Trinajstić information content (AvgIpc) is 2.74. The lowest BCUT2D eigenvalue weighted by Gasteiger charge is -2.32. The van der Waals surface area contributed by atoms with Gasteiger partial charge in [0.1, 0.15) is 12.1 Å². The predicted molar refractivity (Wildman–Crippen MR) is 108 cm³/mol. The van der Waals surface area contributed by atoms with Gasteiger partial charge in [-0.15, -0.1) is 0 Å². The number of aromatic nitrogens is 2. The van der Waals surface area contributed by atoms with Crippen LogP contribution in [0.1, 0.15) is 18.4 Å². The molecule has 1 fully saturated rings. The van der Waals surface area contributed by atoms with Gasteiger partial charge in [-0.3, -0.25) is 9.69 Å². The van der Waals surface area contributed by atoms with Gasteiger partial charge in [-0.25, -0.2) is 14.4 Å². The van der Waals surface area contributed by atoms with Gasteiger partial charge in [-0.1, -0.05) is 24.3 Å².